The molecule has 0 bridgehead atoms. The highest BCUT2D eigenvalue weighted by atomic mass is 35.5. The zero-order valence-corrected chi connectivity index (χ0v) is 15.1. The van der Waals surface area contributed by atoms with Gasteiger partial charge < -0.3 is 0 Å². The standard InChI is InChI=1S/C12H18N6OS2.ClH/c1-4-8-13-11(17-15-8)20-6-9(19)14-12-18-16-10(21-12)5-7(2)3;/h7H,4-6H2,1-3H3,(H,13,15,17)(H,14,18,19);1H. The first-order valence-corrected chi connectivity index (χ1v) is 8.53. The molecule has 1 amide bonds. The molecule has 2 aromatic rings. The van der Waals surface area contributed by atoms with Gasteiger partial charge in [-0.15, -0.1) is 27.7 Å². The minimum absolute atomic E-state index is 0. The number of aromatic nitrogens is 5. The van der Waals surface area contributed by atoms with Gasteiger partial charge in [0.05, 0.1) is 5.75 Å². The van der Waals surface area contributed by atoms with E-state index in [9.17, 15) is 4.79 Å². The van der Waals surface area contributed by atoms with Gasteiger partial charge in [0.1, 0.15) is 10.8 Å². The third-order valence-electron chi connectivity index (χ3n) is 2.47. The van der Waals surface area contributed by atoms with Crippen LogP contribution in [0.15, 0.2) is 5.16 Å². The Balaban J connectivity index is 0.00000242. The molecule has 0 radical (unpaired) electrons. The maximum Gasteiger partial charge on any atom is 0.236 e. The summed E-state index contributed by atoms with van der Waals surface area (Å²) in [5.74, 6) is 1.46. The van der Waals surface area contributed by atoms with E-state index in [2.05, 4.69) is 44.5 Å². The predicted molar refractivity (Wildman–Crippen MR) is 90.8 cm³/mol. The van der Waals surface area contributed by atoms with Crippen molar-refractivity contribution in [1.82, 2.24) is 25.4 Å². The smallest absolute Gasteiger partial charge is 0.236 e. The van der Waals surface area contributed by atoms with Crippen LogP contribution in [0.3, 0.4) is 0 Å². The Morgan fingerprint density at radius 3 is 2.82 bits per heavy atom. The Morgan fingerprint density at radius 2 is 2.18 bits per heavy atom. The molecule has 0 aliphatic rings. The van der Waals surface area contributed by atoms with E-state index in [1.165, 1.54) is 23.1 Å². The number of carbonyl (C=O) groups excluding carboxylic acids is 1. The predicted octanol–water partition coefficient (Wildman–Crippen LogP) is 2.57. The average molecular weight is 363 g/mol. The van der Waals surface area contributed by atoms with Crippen LogP contribution in [0.4, 0.5) is 5.13 Å². The second-order valence-electron chi connectivity index (χ2n) is 4.85. The molecule has 22 heavy (non-hydrogen) atoms. The minimum Gasteiger partial charge on any atom is -0.300 e. The number of H-pyrrole nitrogens is 1. The topological polar surface area (TPSA) is 96.5 Å². The summed E-state index contributed by atoms with van der Waals surface area (Å²) >= 11 is 2.71. The van der Waals surface area contributed by atoms with Crippen LogP contribution in [0.2, 0.25) is 0 Å². The molecule has 122 valence electrons. The molecular weight excluding hydrogens is 344 g/mol. The molecule has 0 atom stereocenters. The van der Waals surface area contributed by atoms with Crippen LogP contribution in [0.5, 0.6) is 0 Å². The second-order valence-corrected chi connectivity index (χ2v) is 6.86. The van der Waals surface area contributed by atoms with Gasteiger partial charge in [-0.05, 0) is 5.92 Å². The van der Waals surface area contributed by atoms with Gasteiger partial charge in [-0.2, -0.15) is 0 Å². The zero-order valence-electron chi connectivity index (χ0n) is 12.6. The highest BCUT2D eigenvalue weighted by Crippen LogP contribution is 2.19. The van der Waals surface area contributed by atoms with Gasteiger partial charge in [-0.1, -0.05) is 43.9 Å². The van der Waals surface area contributed by atoms with Crippen LogP contribution in [0.25, 0.3) is 0 Å². The summed E-state index contributed by atoms with van der Waals surface area (Å²) in [6, 6.07) is 0. The van der Waals surface area contributed by atoms with E-state index in [1.54, 1.807) is 0 Å². The molecule has 2 N–H and O–H groups in total. The molecule has 0 aromatic carbocycles. The maximum atomic E-state index is 11.8. The zero-order chi connectivity index (χ0) is 15.2. The van der Waals surface area contributed by atoms with E-state index in [4.69, 9.17) is 0 Å². The molecule has 0 saturated heterocycles. The van der Waals surface area contributed by atoms with Crippen LogP contribution in [0, 0.1) is 5.92 Å². The second kappa shape index (κ2) is 9.06. The van der Waals surface area contributed by atoms with Gasteiger partial charge in [-0.3, -0.25) is 15.2 Å². The highest BCUT2D eigenvalue weighted by molar-refractivity contribution is 7.99. The van der Waals surface area contributed by atoms with Crippen LogP contribution < -0.4 is 5.32 Å². The van der Waals surface area contributed by atoms with Crippen molar-refractivity contribution in [2.45, 2.75) is 38.8 Å². The van der Waals surface area contributed by atoms with Crippen LogP contribution in [-0.2, 0) is 17.6 Å². The van der Waals surface area contributed by atoms with Crippen molar-refractivity contribution in [3.8, 4) is 0 Å². The summed E-state index contributed by atoms with van der Waals surface area (Å²) in [5.41, 5.74) is 0. The summed E-state index contributed by atoms with van der Waals surface area (Å²) < 4.78 is 0. The van der Waals surface area contributed by atoms with Gasteiger partial charge in [0.25, 0.3) is 0 Å². The SMILES string of the molecule is CCc1nc(SCC(=O)Nc2nnc(CC(C)C)s2)n[nH]1.Cl. The van der Waals surface area contributed by atoms with E-state index in [1.807, 2.05) is 6.92 Å². The third-order valence-corrected chi connectivity index (χ3v) is 4.18. The number of rotatable bonds is 7. The summed E-state index contributed by atoms with van der Waals surface area (Å²) in [6.07, 6.45) is 1.67. The van der Waals surface area contributed by atoms with Crippen molar-refractivity contribution in [2.75, 3.05) is 11.1 Å². The molecule has 0 unspecified atom stereocenters. The Bertz CT molecular complexity index is 600. The number of hydrogen-bond donors (Lipinski definition) is 2. The van der Waals surface area contributed by atoms with Crippen molar-refractivity contribution in [3.63, 3.8) is 0 Å². The Morgan fingerprint density at radius 1 is 1.41 bits per heavy atom. The lowest BCUT2D eigenvalue weighted by molar-refractivity contribution is -0.113. The minimum atomic E-state index is -0.130. The fraction of sp³-hybridized carbons (Fsp3) is 0.583. The van der Waals surface area contributed by atoms with Crippen molar-refractivity contribution in [3.05, 3.63) is 10.8 Å². The summed E-state index contributed by atoms with van der Waals surface area (Å²) in [6.45, 7) is 6.24. The van der Waals surface area contributed by atoms with Crippen LogP contribution >= 0.6 is 35.5 Å². The Hall–Kier alpha value is -1.19. The molecule has 10 heteroatoms. The Kier molecular flexibility index (Phi) is 7.77. The number of nitrogens with zero attached hydrogens (tertiary/aromatic N) is 4. The van der Waals surface area contributed by atoms with Crippen LogP contribution in [0.1, 0.15) is 31.6 Å². The number of carbonyl (C=O) groups is 1. The Labute approximate surface area is 143 Å². The van der Waals surface area contributed by atoms with E-state index in [-0.39, 0.29) is 24.1 Å². The molecular formula is C12H19ClN6OS2. The average Bonchev–Trinajstić information content (AvgIpc) is 3.05. The fourth-order valence-corrected chi connectivity index (χ4v) is 3.11. The molecule has 2 aromatic heterocycles. The number of aromatic amines is 1. The summed E-state index contributed by atoms with van der Waals surface area (Å²) in [5, 5.41) is 19.7. The van der Waals surface area contributed by atoms with E-state index in [0.29, 0.717) is 16.2 Å². The van der Waals surface area contributed by atoms with Gasteiger partial charge in [-0.25, -0.2) is 4.98 Å². The normalized spacial score (nSPS) is 10.5. The first-order chi connectivity index (χ1) is 10.1. The maximum absolute atomic E-state index is 11.8. The van der Waals surface area contributed by atoms with E-state index < -0.39 is 0 Å². The van der Waals surface area contributed by atoms with Crippen molar-refractivity contribution >= 4 is 46.5 Å². The molecule has 2 heterocycles. The highest BCUT2D eigenvalue weighted by Gasteiger charge is 2.11. The number of anilines is 1. The van der Waals surface area contributed by atoms with Gasteiger partial charge >= 0.3 is 0 Å². The first-order valence-electron chi connectivity index (χ1n) is 6.73. The van der Waals surface area contributed by atoms with Crippen molar-refractivity contribution in [1.29, 1.82) is 0 Å². The number of thioether (sulfide) groups is 1. The van der Waals surface area contributed by atoms with Gasteiger partial charge in [0, 0.05) is 12.8 Å². The number of halogens is 1. The number of aryl methyl sites for hydroxylation is 1. The molecule has 2 rings (SSSR count). The molecule has 0 fully saturated rings. The molecule has 0 spiro atoms. The summed E-state index contributed by atoms with van der Waals surface area (Å²) in [4.78, 5) is 16.1. The largest absolute Gasteiger partial charge is 0.300 e. The molecule has 0 aliphatic heterocycles. The number of nitrogens with one attached hydrogen (secondary N) is 2. The quantitative estimate of drug-likeness (QED) is 0.735. The lowest BCUT2D eigenvalue weighted by Gasteiger charge is -1.99. The molecule has 0 aliphatic carbocycles. The van der Waals surface area contributed by atoms with Crippen LogP contribution in [-0.4, -0.2) is 37.0 Å². The lowest BCUT2D eigenvalue weighted by atomic mass is 10.1. The lowest BCUT2D eigenvalue weighted by Crippen LogP contribution is -2.13. The molecule has 0 saturated carbocycles. The van der Waals surface area contributed by atoms with E-state index >= 15 is 0 Å². The monoisotopic (exact) mass is 362 g/mol. The number of hydrogen-bond acceptors (Lipinski definition) is 7. The third kappa shape index (κ3) is 5.90. The van der Waals surface area contributed by atoms with Crippen molar-refractivity contribution in [2.24, 2.45) is 5.92 Å². The fourth-order valence-electron chi connectivity index (χ4n) is 1.52. The van der Waals surface area contributed by atoms with Gasteiger partial charge in [0.15, 0.2) is 0 Å². The van der Waals surface area contributed by atoms with Crippen molar-refractivity contribution < 1.29 is 4.79 Å². The summed E-state index contributed by atoms with van der Waals surface area (Å²) in [7, 11) is 0. The first kappa shape index (κ1) is 18.9. The van der Waals surface area contributed by atoms with E-state index in [0.717, 1.165) is 23.7 Å². The number of amides is 1. The van der Waals surface area contributed by atoms with Gasteiger partial charge in [0.2, 0.25) is 16.2 Å². The molecule has 7 nitrogen and oxygen atoms in total.